The van der Waals surface area contributed by atoms with Gasteiger partial charge >= 0.3 is 5.97 Å². The zero-order valence-corrected chi connectivity index (χ0v) is 13.4. The van der Waals surface area contributed by atoms with E-state index in [1.807, 2.05) is 0 Å². The fourth-order valence-corrected chi connectivity index (χ4v) is 2.95. The number of fused-ring (bicyclic) bond motifs is 1. The molecule has 0 aromatic carbocycles. The molecule has 24 heavy (non-hydrogen) atoms. The first-order valence-electron chi connectivity index (χ1n) is 7.94. The van der Waals surface area contributed by atoms with E-state index < -0.39 is 5.97 Å². The molecule has 2 heterocycles. The summed E-state index contributed by atoms with van der Waals surface area (Å²) in [6.07, 6.45) is 4.89. The summed E-state index contributed by atoms with van der Waals surface area (Å²) in [5, 5.41) is 8.73. The Morgan fingerprint density at radius 1 is 1.42 bits per heavy atom. The van der Waals surface area contributed by atoms with Gasteiger partial charge in [0.15, 0.2) is 11.7 Å². The molecule has 0 fully saturated rings. The van der Waals surface area contributed by atoms with Crippen LogP contribution in [0.2, 0.25) is 0 Å². The first-order valence-corrected chi connectivity index (χ1v) is 7.94. The number of hydrogen-bond donors (Lipinski definition) is 1. The van der Waals surface area contributed by atoms with Crippen molar-refractivity contribution in [2.45, 2.75) is 38.5 Å². The summed E-state index contributed by atoms with van der Waals surface area (Å²) in [5.74, 6) is 0.204. The second-order valence-corrected chi connectivity index (χ2v) is 5.82. The van der Waals surface area contributed by atoms with Gasteiger partial charge in [-0.05, 0) is 19.8 Å². The summed E-state index contributed by atoms with van der Waals surface area (Å²) in [4.78, 5) is 28.7. The third-order valence-electron chi connectivity index (χ3n) is 4.13. The molecule has 0 saturated carbocycles. The number of rotatable bonds is 6. The van der Waals surface area contributed by atoms with E-state index in [9.17, 15) is 9.59 Å². The Morgan fingerprint density at radius 3 is 2.96 bits per heavy atom. The van der Waals surface area contributed by atoms with Gasteiger partial charge in [0.2, 0.25) is 5.76 Å². The predicted molar refractivity (Wildman–Crippen MR) is 81.9 cm³/mol. The van der Waals surface area contributed by atoms with Crippen LogP contribution in [0.25, 0.3) is 0 Å². The van der Waals surface area contributed by atoms with Crippen molar-refractivity contribution in [1.82, 2.24) is 4.98 Å². The molecule has 0 aliphatic heterocycles. The monoisotopic (exact) mass is 333 g/mol. The standard InChI is InChI=1S/C17H19NO6/c1-10-14-12(20)8-11(16-18-4-7-22-16)9-13(14)24-15(10)17(21)23-6-3-2-5-19/h4,7,11,19H,2-3,5-6,8-9H2,1H3. The van der Waals surface area contributed by atoms with Crippen molar-refractivity contribution in [2.24, 2.45) is 0 Å². The molecule has 7 nitrogen and oxygen atoms in total. The van der Waals surface area contributed by atoms with Gasteiger partial charge in [0.1, 0.15) is 12.0 Å². The molecule has 1 unspecified atom stereocenters. The second kappa shape index (κ2) is 7.00. The van der Waals surface area contributed by atoms with E-state index in [1.165, 1.54) is 12.5 Å². The van der Waals surface area contributed by atoms with Gasteiger partial charge in [-0.25, -0.2) is 9.78 Å². The van der Waals surface area contributed by atoms with Gasteiger partial charge < -0.3 is 18.7 Å². The molecule has 2 aromatic heterocycles. The van der Waals surface area contributed by atoms with Crippen LogP contribution in [0.3, 0.4) is 0 Å². The largest absolute Gasteiger partial charge is 0.460 e. The van der Waals surface area contributed by atoms with E-state index in [0.717, 1.165) is 0 Å². The summed E-state index contributed by atoms with van der Waals surface area (Å²) in [7, 11) is 0. The van der Waals surface area contributed by atoms with Crippen LogP contribution in [-0.4, -0.2) is 35.1 Å². The number of Topliss-reactive ketones (excluding diaryl/α,β-unsaturated/α-hetero) is 1. The van der Waals surface area contributed by atoms with Crippen molar-refractivity contribution < 1.29 is 28.3 Å². The van der Waals surface area contributed by atoms with Gasteiger partial charge in [0.05, 0.1) is 18.4 Å². The van der Waals surface area contributed by atoms with Gasteiger partial charge in [0.25, 0.3) is 0 Å². The highest BCUT2D eigenvalue weighted by molar-refractivity contribution is 6.02. The lowest BCUT2D eigenvalue weighted by molar-refractivity contribution is 0.0453. The number of furan rings is 1. The topological polar surface area (TPSA) is 103 Å². The first kappa shape index (κ1) is 16.4. The third-order valence-corrected chi connectivity index (χ3v) is 4.13. The number of nitrogens with zero attached hydrogens (tertiary/aromatic N) is 1. The van der Waals surface area contributed by atoms with Gasteiger partial charge in [-0.1, -0.05) is 0 Å². The summed E-state index contributed by atoms with van der Waals surface area (Å²) < 4.78 is 16.1. The fourth-order valence-electron chi connectivity index (χ4n) is 2.95. The van der Waals surface area contributed by atoms with Crippen molar-refractivity contribution in [3.05, 3.63) is 41.0 Å². The predicted octanol–water partition coefficient (Wildman–Crippen LogP) is 2.42. The number of unbranched alkanes of at least 4 members (excludes halogenated alkanes) is 1. The van der Waals surface area contributed by atoms with Crippen molar-refractivity contribution >= 4 is 11.8 Å². The number of carbonyl (C=O) groups excluding carboxylic acids is 2. The number of esters is 1. The average molecular weight is 333 g/mol. The normalized spacial score (nSPS) is 16.9. The molecule has 7 heteroatoms. The van der Waals surface area contributed by atoms with E-state index in [1.54, 1.807) is 6.92 Å². The van der Waals surface area contributed by atoms with Crippen LogP contribution >= 0.6 is 0 Å². The molecule has 1 atom stereocenters. The van der Waals surface area contributed by atoms with E-state index in [2.05, 4.69) is 4.98 Å². The van der Waals surface area contributed by atoms with Crippen molar-refractivity contribution in [3.63, 3.8) is 0 Å². The maximum absolute atomic E-state index is 12.4. The highest BCUT2D eigenvalue weighted by Gasteiger charge is 2.35. The molecule has 1 aliphatic carbocycles. The van der Waals surface area contributed by atoms with Crippen molar-refractivity contribution in [2.75, 3.05) is 13.2 Å². The Morgan fingerprint density at radius 2 is 2.25 bits per heavy atom. The second-order valence-electron chi connectivity index (χ2n) is 5.82. The molecule has 0 amide bonds. The van der Waals surface area contributed by atoms with Gasteiger partial charge in [-0.3, -0.25) is 4.79 Å². The Hall–Kier alpha value is -2.41. The maximum atomic E-state index is 12.4. The van der Waals surface area contributed by atoms with Crippen LogP contribution in [0.4, 0.5) is 0 Å². The zero-order chi connectivity index (χ0) is 17.1. The van der Waals surface area contributed by atoms with Crippen molar-refractivity contribution in [3.8, 4) is 0 Å². The van der Waals surface area contributed by atoms with Gasteiger partial charge in [0, 0.05) is 30.9 Å². The van der Waals surface area contributed by atoms with Crippen LogP contribution in [0.15, 0.2) is 21.3 Å². The molecule has 0 saturated heterocycles. The summed E-state index contributed by atoms with van der Waals surface area (Å²) in [6, 6.07) is 0. The Balaban J connectivity index is 1.77. The molecule has 0 bridgehead atoms. The van der Waals surface area contributed by atoms with E-state index >= 15 is 0 Å². The number of aliphatic hydroxyl groups excluding tert-OH is 1. The maximum Gasteiger partial charge on any atom is 0.374 e. The van der Waals surface area contributed by atoms with Crippen LogP contribution in [0, 0.1) is 6.92 Å². The average Bonchev–Trinajstić information content (AvgIpc) is 3.20. The Bertz CT molecular complexity index is 731. The van der Waals surface area contributed by atoms with Crippen LogP contribution < -0.4 is 0 Å². The van der Waals surface area contributed by atoms with Gasteiger partial charge in [-0.2, -0.15) is 0 Å². The van der Waals surface area contributed by atoms with Gasteiger partial charge in [-0.15, -0.1) is 0 Å². The number of ether oxygens (including phenoxy) is 1. The third kappa shape index (κ3) is 3.12. The lowest BCUT2D eigenvalue weighted by Crippen LogP contribution is -2.18. The number of aliphatic hydroxyl groups is 1. The van der Waals surface area contributed by atoms with E-state index in [-0.39, 0.29) is 37.1 Å². The molecular weight excluding hydrogens is 314 g/mol. The smallest absolute Gasteiger partial charge is 0.374 e. The minimum atomic E-state index is -0.583. The molecule has 0 radical (unpaired) electrons. The van der Waals surface area contributed by atoms with Crippen LogP contribution in [0.5, 0.6) is 0 Å². The molecule has 1 N–H and O–H groups in total. The summed E-state index contributed by atoms with van der Waals surface area (Å²) in [6.45, 7) is 1.95. The lowest BCUT2D eigenvalue weighted by Gasteiger charge is -2.17. The quantitative estimate of drug-likeness (QED) is 0.639. The Labute approximate surface area is 138 Å². The molecule has 128 valence electrons. The zero-order valence-electron chi connectivity index (χ0n) is 13.4. The highest BCUT2D eigenvalue weighted by atomic mass is 16.5. The fraction of sp³-hybridized carbons (Fsp3) is 0.471. The molecule has 2 aromatic rings. The van der Waals surface area contributed by atoms with Crippen molar-refractivity contribution in [1.29, 1.82) is 0 Å². The van der Waals surface area contributed by atoms with E-state index in [4.69, 9.17) is 18.7 Å². The Kier molecular flexibility index (Phi) is 4.80. The molecule has 1 aliphatic rings. The SMILES string of the molecule is Cc1c(C(=O)OCCCCO)oc2c1C(=O)CC(c1ncco1)C2. The number of ketones is 1. The van der Waals surface area contributed by atoms with Crippen LogP contribution in [-0.2, 0) is 11.2 Å². The van der Waals surface area contributed by atoms with Crippen LogP contribution in [0.1, 0.15) is 63.3 Å². The minimum Gasteiger partial charge on any atom is -0.460 e. The summed E-state index contributed by atoms with van der Waals surface area (Å²) >= 11 is 0. The number of carbonyl (C=O) groups is 2. The molecular formula is C17H19NO6. The highest BCUT2D eigenvalue weighted by Crippen LogP contribution is 2.36. The minimum absolute atomic E-state index is 0.0579. The number of hydrogen-bond acceptors (Lipinski definition) is 7. The number of aromatic nitrogens is 1. The lowest BCUT2D eigenvalue weighted by atomic mass is 9.85. The first-order chi connectivity index (χ1) is 11.6. The number of oxazole rings is 1. The van der Waals surface area contributed by atoms with E-state index in [0.29, 0.717) is 42.0 Å². The summed E-state index contributed by atoms with van der Waals surface area (Å²) in [5.41, 5.74) is 0.994. The molecule has 3 rings (SSSR count). The molecule has 0 spiro atoms.